The van der Waals surface area contributed by atoms with Crippen LogP contribution in [-0.2, 0) is 6.42 Å². The third-order valence-corrected chi connectivity index (χ3v) is 4.02. The van der Waals surface area contributed by atoms with E-state index in [0.717, 1.165) is 5.56 Å². The second-order valence-corrected chi connectivity index (χ2v) is 6.03. The SMILES string of the molecule is Cc1nnc(Cc2ccc(NC(=O)c3cc4ccccc4oc3=O)cc2)o1. The van der Waals surface area contributed by atoms with Crippen LogP contribution in [0.15, 0.2) is 68.2 Å². The van der Waals surface area contributed by atoms with Crippen LogP contribution in [0.5, 0.6) is 0 Å². The van der Waals surface area contributed by atoms with E-state index in [9.17, 15) is 9.59 Å². The standard InChI is InChI=1S/C20H15N3O4/c1-12-22-23-18(26-12)10-13-6-8-15(9-7-13)21-19(24)16-11-14-4-2-3-5-17(14)27-20(16)25/h2-9,11H,10H2,1H3,(H,21,24). The number of anilines is 1. The van der Waals surface area contributed by atoms with Crippen LogP contribution in [0.1, 0.15) is 27.7 Å². The van der Waals surface area contributed by atoms with Crippen molar-refractivity contribution in [3.05, 3.63) is 87.9 Å². The van der Waals surface area contributed by atoms with Gasteiger partial charge >= 0.3 is 5.63 Å². The summed E-state index contributed by atoms with van der Waals surface area (Å²) in [6.07, 6.45) is 0.503. The smallest absolute Gasteiger partial charge is 0.349 e. The molecule has 2 aromatic heterocycles. The molecule has 0 unspecified atom stereocenters. The summed E-state index contributed by atoms with van der Waals surface area (Å²) in [5.74, 6) is 0.524. The maximum atomic E-state index is 12.5. The van der Waals surface area contributed by atoms with Gasteiger partial charge in [0.05, 0.1) is 6.42 Å². The zero-order valence-electron chi connectivity index (χ0n) is 14.4. The van der Waals surface area contributed by atoms with Gasteiger partial charge in [-0.05, 0) is 29.8 Å². The Morgan fingerprint density at radius 2 is 1.81 bits per heavy atom. The van der Waals surface area contributed by atoms with Crippen LogP contribution < -0.4 is 10.9 Å². The first kappa shape index (κ1) is 16.7. The molecule has 4 aromatic rings. The van der Waals surface area contributed by atoms with Crippen LogP contribution in [0.2, 0.25) is 0 Å². The minimum absolute atomic E-state index is 0.0425. The summed E-state index contributed by atoms with van der Waals surface area (Å²) in [5, 5.41) is 11.1. The van der Waals surface area contributed by atoms with Crippen molar-refractivity contribution in [2.75, 3.05) is 5.32 Å². The molecule has 0 radical (unpaired) electrons. The molecule has 0 aliphatic heterocycles. The number of carbonyl (C=O) groups excluding carboxylic acids is 1. The molecule has 7 heteroatoms. The van der Waals surface area contributed by atoms with Gasteiger partial charge < -0.3 is 14.2 Å². The number of para-hydroxylation sites is 1. The van der Waals surface area contributed by atoms with Crippen LogP contribution in [0.4, 0.5) is 5.69 Å². The fourth-order valence-electron chi connectivity index (χ4n) is 2.71. The first-order valence-electron chi connectivity index (χ1n) is 8.31. The third-order valence-electron chi connectivity index (χ3n) is 4.02. The summed E-state index contributed by atoms with van der Waals surface area (Å²) >= 11 is 0. The number of benzene rings is 2. The van der Waals surface area contributed by atoms with Crippen LogP contribution in [-0.4, -0.2) is 16.1 Å². The predicted octanol–water partition coefficient (Wildman–Crippen LogP) is 3.33. The first-order valence-corrected chi connectivity index (χ1v) is 8.31. The summed E-state index contributed by atoms with van der Waals surface area (Å²) in [4.78, 5) is 24.5. The van der Waals surface area contributed by atoms with E-state index in [4.69, 9.17) is 8.83 Å². The lowest BCUT2D eigenvalue weighted by molar-refractivity contribution is 0.102. The number of hydrogen-bond acceptors (Lipinski definition) is 6. The lowest BCUT2D eigenvalue weighted by Crippen LogP contribution is -2.20. The van der Waals surface area contributed by atoms with Gasteiger partial charge in [-0.3, -0.25) is 4.79 Å². The molecule has 0 aliphatic carbocycles. The third kappa shape index (κ3) is 3.62. The van der Waals surface area contributed by atoms with E-state index in [1.54, 1.807) is 37.3 Å². The molecule has 4 rings (SSSR count). The van der Waals surface area contributed by atoms with E-state index in [-0.39, 0.29) is 5.56 Å². The van der Waals surface area contributed by atoms with Gasteiger partial charge in [0.25, 0.3) is 5.91 Å². The number of amides is 1. The average Bonchev–Trinajstić information content (AvgIpc) is 3.07. The highest BCUT2D eigenvalue weighted by atomic mass is 16.4. The second kappa shape index (κ2) is 6.87. The fourth-order valence-corrected chi connectivity index (χ4v) is 2.71. The molecule has 0 fully saturated rings. The molecule has 0 atom stereocenters. The largest absolute Gasteiger partial charge is 0.425 e. The quantitative estimate of drug-likeness (QED) is 0.560. The monoisotopic (exact) mass is 361 g/mol. The molecule has 27 heavy (non-hydrogen) atoms. The van der Waals surface area contributed by atoms with E-state index in [1.165, 1.54) is 6.07 Å². The van der Waals surface area contributed by atoms with Gasteiger partial charge in [-0.25, -0.2) is 4.79 Å². The van der Waals surface area contributed by atoms with Gasteiger partial charge in [0.2, 0.25) is 11.8 Å². The topological polar surface area (TPSA) is 98.2 Å². The van der Waals surface area contributed by atoms with Crippen LogP contribution in [0.25, 0.3) is 11.0 Å². The van der Waals surface area contributed by atoms with E-state index >= 15 is 0 Å². The van der Waals surface area contributed by atoms with Crippen molar-refractivity contribution in [3.63, 3.8) is 0 Å². The Labute approximate surface area is 153 Å². The van der Waals surface area contributed by atoms with E-state index in [1.807, 2.05) is 18.2 Å². The second-order valence-electron chi connectivity index (χ2n) is 6.03. The van der Waals surface area contributed by atoms with Crippen molar-refractivity contribution in [2.24, 2.45) is 0 Å². The Morgan fingerprint density at radius 3 is 2.56 bits per heavy atom. The zero-order chi connectivity index (χ0) is 18.8. The minimum Gasteiger partial charge on any atom is -0.425 e. The Balaban J connectivity index is 1.51. The summed E-state index contributed by atoms with van der Waals surface area (Å²) in [5.41, 5.74) is 1.26. The number of nitrogens with one attached hydrogen (secondary N) is 1. The highest BCUT2D eigenvalue weighted by Crippen LogP contribution is 2.16. The van der Waals surface area contributed by atoms with Gasteiger partial charge in [-0.15, -0.1) is 10.2 Å². The minimum atomic E-state index is -0.672. The molecule has 1 amide bonds. The van der Waals surface area contributed by atoms with E-state index in [0.29, 0.717) is 34.9 Å². The summed E-state index contributed by atoms with van der Waals surface area (Å²) in [7, 11) is 0. The number of rotatable bonds is 4. The summed E-state index contributed by atoms with van der Waals surface area (Å²) < 4.78 is 10.6. The van der Waals surface area contributed by atoms with Crippen molar-refractivity contribution >= 4 is 22.6 Å². The molecule has 2 aromatic carbocycles. The van der Waals surface area contributed by atoms with Crippen LogP contribution >= 0.6 is 0 Å². The first-order chi connectivity index (χ1) is 13.1. The molecule has 0 aliphatic rings. The number of aromatic nitrogens is 2. The highest BCUT2D eigenvalue weighted by molar-refractivity contribution is 6.05. The van der Waals surface area contributed by atoms with Crippen molar-refractivity contribution in [2.45, 2.75) is 13.3 Å². The molecule has 2 heterocycles. The average molecular weight is 361 g/mol. The lowest BCUT2D eigenvalue weighted by atomic mass is 10.1. The molecular weight excluding hydrogens is 346 g/mol. The number of aryl methyl sites for hydroxylation is 1. The number of nitrogens with zero attached hydrogens (tertiary/aromatic N) is 2. The normalized spacial score (nSPS) is 10.9. The number of carbonyl (C=O) groups is 1. The van der Waals surface area contributed by atoms with Crippen LogP contribution in [0, 0.1) is 6.92 Å². The number of hydrogen-bond donors (Lipinski definition) is 1. The summed E-state index contributed by atoms with van der Waals surface area (Å²) in [6, 6.07) is 15.8. The molecule has 7 nitrogen and oxygen atoms in total. The fraction of sp³-hybridized carbons (Fsp3) is 0.100. The van der Waals surface area contributed by atoms with Crippen molar-refractivity contribution in [3.8, 4) is 0 Å². The van der Waals surface area contributed by atoms with Gasteiger partial charge in [-0.2, -0.15) is 0 Å². The van der Waals surface area contributed by atoms with Crippen molar-refractivity contribution in [1.82, 2.24) is 10.2 Å². The molecule has 0 saturated heterocycles. The van der Waals surface area contributed by atoms with Gasteiger partial charge in [0.15, 0.2) is 0 Å². The number of fused-ring (bicyclic) bond motifs is 1. The Morgan fingerprint density at radius 1 is 1.04 bits per heavy atom. The Bertz CT molecular complexity index is 1180. The zero-order valence-corrected chi connectivity index (χ0v) is 14.4. The molecule has 0 bridgehead atoms. The highest BCUT2D eigenvalue weighted by Gasteiger charge is 2.14. The molecule has 0 spiro atoms. The van der Waals surface area contributed by atoms with Crippen molar-refractivity contribution < 1.29 is 13.6 Å². The Hall–Kier alpha value is -3.74. The molecular formula is C20H15N3O4. The van der Waals surface area contributed by atoms with Gasteiger partial charge in [0, 0.05) is 18.0 Å². The maximum Gasteiger partial charge on any atom is 0.349 e. The van der Waals surface area contributed by atoms with Gasteiger partial charge in [0.1, 0.15) is 11.1 Å². The molecule has 1 N–H and O–H groups in total. The van der Waals surface area contributed by atoms with Crippen molar-refractivity contribution in [1.29, 1.82) is 0 Å². The predicted molar refractivity (Wildman–Crippen MR) is 98.7 cm³/mol. The maximum absolute atomic E-state index is 12.5. The van der Waals surface area contributed by atoms with E-state index < -0.39 is 11.5 Å². The molecule has 0 saturated carbocycles. The summed E-state index contributed by atoms with van der Waals surface area (Å²) in [6.45, 7) is 1.73. The van der Waals surface area contributed by atoms with Crippen LogP contribution in [0.3, 0.4) is 0 Å². The van der Waals surface area contributed by atoms with Gasteiger partial charge in [-0.1, -0.05) is 30.3 Å². The Kier molecular flexibility index (Phi) is 4.25. The molecule has 134 valence electrons. The lowest BCUT2D eigenvalue weighted by Gasteiger charge is -2.06. The van der Waals surface area contributed by atoms with E-state index in [2.05, 4.69) is 15.5 Å².